The summed E-state index contributed by atoms with van der Waals surface area (Å²) >= 11 is 0. The number of para-hydroxylation sites is 1. The number of amides is 1. The summed E-state index contributed by atoms with van der Waals surface area (Å²) in [5.41, 5.74) is 0.530. The highest BCUT2D eigenvalue weighted by Crippen LogP contribution is 2.18. The second-order valence-electron chi connectivity index (χ2n) is 5.58. The number of nitrogens with zero attached hydrogens (tertiary/aromatic N) is 2. The van der Waals surface area contributed by atoms with E-state index < -0.39 is 0 Å². The van der Waals surface area contributed by atoms with Crippen molar-refractivity contribution in [3.8, 4) is 11.6 Å². The molecule has 1 N–H and O–H groups in total. The summed E-state index contributed by atoms with van der Waals surface area (Å²) in [5, 5.41) is 2.96. The van der Waals surface area contributed by atoms with Crippen LogP contribution in [0.4, 0.5) is 0 Å². The minimum atomic E-state index is -0.118. The first kappa shape index (κ1) is 17.9. The second kappa shape index (κ2) is 9.03. The molecule has 1 atom stereocenters. The lowest BCUT2D eigenvalue weighted by Crippen LogP contribution is -2.42. The van der Waals surface area contributed by atoms with Crippen LogP contribution in [-0.4, -0.2) is 41.5 Å². The average Bonchev–Trinajstić information content (AvgIpc) is 2.62. The van der Waals surface area contributed by atoms with Crippen LogP contribution >= 0.6 is 0 Å². The molecule has 0 bridgehead atoms. The van der Waals surface area contributed by atoms with E-state index in [1.807, 2.05) is 30.3 Å². The average molecular weight is 327 g/mol. The molecule has 128 valence electrons. The number of aromatic nitrogens is 1. The fourth-order valence-corrected chi connectivity index (χ4v) is 2.50. The Morgan fingerprint density at radius 2 is 1.88 bits per heavy atom. The van der Waals surface area contributed by atoms with Crippen LogP contribution in [0.25, 0.3) is 0 Å². The van der Waals surface area contributed by atoms with Crippen LogP contribution in [0, 0.1) is 0 Å². The fraction of sp³-hybridized carbons (Fsp3) is 0.368. The number of hydrogen-bond acceptors (Lipinski definition) is 4. The van der Waals surface area contributed by atoms with Gasteiger partial charge in [0.2, 0.25) is 5.88 Å². The first-order valence-corrected chi connectivity index (χ1v) is 8.35. The minimum absolute atomic E-state index is 0.118. The number of hydrogen-bond donors (Lipinski definition) is 1. The van der Waals surface area contributed by atoms with Crippen molar-refractivity contribution in [2.45, 2.75) is 26.8 Å². The summed E-state index contributed by atoms with van der Waals surface area (Å²) < 4.78 is 5.62. The lowest BCUT2D eigenvalue weighted by Gasteiger charge is -2.26. The van der Waals surface area contributed by atoms with Crippen molar-refractivity contribution in [3.63, 3.8) is 0 Å². The van der Waals surface area contributed by atoms with Gasteiger partial charge in [0.05, 0.1) is 5.56 Å². The Balaban J connectivity index is 1.89. The van der Waals surface area contributed by atoms with Gasteiger partial charge < -0.3 is 10.1 Å². The molecule has 0 fully saturated rings. The third kappa shape index (κ3) is 5.06. The van der Waals surface area contributed by atoms with E-state index in [0.29, 0.717) is 24.0 Å². The largest absolute Gasteiger partial charge is 0.439 e. The maximum atomic E-state index is 12.2. The number of carbonyl (C=O) groups excluding carboxylic acids is 1. The molecule has 0 radical (unpaired) electrons. The third-order valence-electron chi connectivity index (χ3n) is 3.96. The van der Waals surface area contributed by atoms with Crippen LogP contribution in [-0.2, 0) is 0 Å². The molecule has 24 heavy (non-hydrogen) atoms. The summed E-state index contributed by atoms with van der Waals surface area (Å²) in [4.78, 5) is 18.7. The van der Waals surface area contributed by atoms with Crippen LogP contribution in [0.2, 0.25) is 0 Å². The van der Waals surface area contributed by atoms with Crippen molar-refractivity contribution in [1.29, 1.82) is 0 Å². The summed E-state index contributed by atoms with van der Waals surface area (Å²) in [7, 11) is 0. The molecular weight excluding hydrogens is 302 g/mol. The predicted octanol–water partition coefficient (Wildman–Crippen LogP) is 3.33. The number of ether oxygens (including phenoxy) is 1. The summed E-state index contributed by atoms with van der Waals surface area (Å²) in [6, 6.07) is 13.2. The van der Waals surface area contributed by atoms with Crippen LogP contribution in [0.15, 0.2) is 48.7 Å². The minimum Gasteiger partial charge on any atom is -0.439 e. The Hall–Kier alpha value is -2.40. The standard InChI is InChI=1S/C19H25N3O2/c1-4-22(5-2)15(3)13-21-19(23)16-11-12-18(20-14-16)24-17-9-7-6-8-10-17/h6-12,14-15H,4-5,13H2,1-3H3,(H,21,23). The molecule has 2 rings (SSSR count). The molecule has 1 amide bonds. The Bertz CT molecular complexity index is 625. The number of benzene rings is 1. The van der Waals surface area contributed by atoms with Crippen molar-refractivity contribution in [3.05, 3.63) is 54.2 Å². The molecule has 0 saturated heterocycles. The fourth-order valence-electron chi connectivity index (χ4n) is 2.50. The van der Waals surface area contributed by atoms with Crippen molar-refractivity contribution < 1.29 is 9.53 Å². The molecule has 5 nitrogen and oxygen atoms in total. The SMILES string of the molecule is CCN(CC)C(C)CNC(=O)c1ccc(Oc2ccccc2)nc1. The van der Waals surface area contributed by atoms with E-state index in [4.69, 9.17) is 4.74 Å². The normalized spacial score (nSPS) is 12.0. The Morgan fingerprint density at radius 3 is 2.46 bits per heavy atom. The molecular formula is C19H25N3O2. The second-order valence-corrected chi connectivity index (χ2v) is 5.58. The Labute approximate surface area is 143 Å². The maximum absolute atomic E-state index is 12.2. The predicted molar refractivity (Wildman–Crippen MR) is 95.5 cm³/mol. The van der Waals surface area contributed by atoms with E-state index >= 15 is 0 Å². The zero-order chi connectivity index (χ0) is 17.4. The van der Waals surface area contributed by atoms with Gasteiger partial charge in [0.15, 0.2) is 0 Å². The van der Waals surface area contributed by atoms with Crippen molar-refractivity contribution in [1.82, 2.24) is 15.2 Å². The lowest BCUT2D eigenvalue weighted by molar-refractivity contribution is 0.0937. The van der Waals surface area contributed by atoms with Gasteiger partial charge in [0.25, 0.3) is 5.91 Å². The molecule has 1 heterocycles. The van der Waals surface area contributed by atoms with Crippen molar-refractivity contribution in [2.75, 3.05) is 19.6 Å². The molecule has 0 aliphatic rings. The van der Waals surface area contributed by atoms with E-state index in [9.17, 15) is 4.79 Å². The van der Waals surface area contributed by atoms with E-state index in [0.717, 1.165) is 18.8 Å². The van der Waals surface area contributed by atoms with Gasteiger partial charge in [-0.2, -0.15) is 0 Å². The Kier molecular flexibility index (Phi) is 6.75. The highest BCUT2D eigenvalue weighted by atomic mass is 16.5. The van der Waals surface area contributed by atoms with Crippen LogP contribution in [0.1, 0.15) is 31.1 Å². The molecule has 0 aliphatic heterocycles. The van der Waals surface area contributed by atoms with E-state index in [1.54, 1.807) is 12.1 Å². The van der Waals surface area contributed by atoms with Crippen LogP contribution in [0.5, 0.6) is 11.6 Å². The zero-order valence-corrected chi connectivity index (χ0v) is 14.5. The third-order valence-corrected chi connectivity index (χ3v) is 3.96. The van der Waals surface area contributed by atoms with Crippen molar-refractivity contribution in [2.24, 2.45) is 0 Å². The van der Waals surface area contributed by atoms with Gasteiger partial charge in [-0.3, -0.25) is 9.69 Å². The molecule has 1 aromatic heterocycles. The van der Waals surface area contributed by atoms with Crippen LogP contribution in [0.3, 0.4) is 0 Å². The summed E-state index contributed by atoms with van der Waals surface area (Å²) in [5.74, 6) is 1.07. The van der Waals surface area contributed by atoms with Crippen molar-refractivity contribution >= 4 is 5.91 Å². The van der Waals surface area contributed by atoms with Crippen LogP contribution < -0.4 is 10.1 Å². The molecule has 0 spiro atoms. The van der Waals surface area contributed by atoms with Gasteiger partial charge >= 0.3 is 0 Å². The Morgan fingerprint density at radius 1 is 1.17 bits per heavy atom. The molecule has 1 aromatic carbocycles. The number of pyridine rings is 1. The monoisotopic (exact) mass is 327 g/mol. The van der Waals surface area contributed by atoms with E-state index in [2.05, 4.69) is 36.0 Å². The number of carbonyl (C=O) groups is 1. The first-order valence-electron chi connectivity index (χ1n) is 8.35. The van der Waals surface area contributed by atoms with Gasteiger partial charge in [0.1, 0.15) is 5.75 Å². The smallest absolute Gasteiger partial charge is 0.252 e. The molecule has 0 aliphatic carbocycles. The zero-order valence-electron chi connectivity index (χ0n) is 14.5. The van der Waals surface area contributed by atoms with Gasteiger partial charge in [-0.15, -0.1) is 0 Å². The van der Waals surface area contributed by atoms with E-state index in [-0.39, 0.29) is 5.91 Å². The summed E-state index contributed by atoms with van der Waals surface area (Å²) in [6.45, 7) is 8.92. The lowest BCUT2D eigenvalue weighted by atomic mass is 10.2. The van der Waals surface area contributed by atoms with Gasteiger partial charge in [-0.25, -0.2) is 4.98 Å². The van der Waals surface area contributed by atoms with Gasteiger partial charge in [-0.1, -0.05) is 32.0 Å². The molecule has 1 unspecified atom stereocenters. The van der Waals surface area contributed by atoms with Gasteiger partial charge in [0, 0.05) is 24.8 Å². The quantitative estimate of drug-likeness (QED) is 0.808. The number of rotatable bonds is 8. The highest BCUT2D eigenvalue weighted by molar-refractivity contribution is 5.93. The number of likely N-dealkylation sites (N-methyl/N-ethyl adjacent to an activating group) is 1. The van der Waals surface area contributed by atoms with E-state index in [1.165, 1.54) is 6.20 Å². The summed E-state index contributed by atoms with van der Waals surface area (Å²) in [6.07, 6.45) is 1.54. The molecule has 2 aromatic rings. The number of nitrogens with one attached hydrogen (secondary N) is 1. The molecule has 5 heteroatoms. The maximum Gasteiger partial charge on any atom is 0.252 e. The molecule has 0 saturated carbocycles. The first-order chi connectivity index (χ1) is 11.6. The van der Waals surface area contributed by atoms with Gasteiger partial charge in [-0.05, 0) is 38.2 Å². The topological polar surface area (TPSA) is 54.5 Å². The highest BCUT2D eigenvalue weighted by Gasteiger charge is 2.12.